The quantitative estimate of drug-likeness (QED) is 0.849. The smallest absolute Gasteiger partial charge is 0.248 e. The molecule has 0 saturated carbocycles. The summed E-state index contributed by atoms with van der Waals surface area (Å²) in [7, 11) is 1.87. The molecule has 0 aliphatic heterocycles. The Labute approximate surface area is 109 Å². The molecule has 0 spiro atoms. The predicted octanol–water partition coefficient (Wildman–Crippen LogP) is 1.75. The minimum Gasteiger partial charge on any atom is -0.361 e. The zero-order chi connectivity index (χ0) is 13.1. The van der Waals surface area contributed by atoms with Crippen molar-refractivity contribution in [2.75, 3.05) is 0 Å². The van der Waals surface area contributed by atoms with Crippen LogP contribution in [0, 0.1) is 13.8 Å². The Balaban J connectivity index is 2.04. The molecule has 96 valence electrons. The summed E-state index contributed by atoms with van der Waals surface area (Å²) in [6.07, 6.45) is 2.88. The summed E-state index contributed by atoms with van der Waals surface area (Å²) < 4.78 is 6.89. The highest BCUT2D eigenvalue weighted by Gasteiger charge is 2.10. The second kappa shape index (κ2) is 5.30. The molecule has 18 heavy (non-hydrogen) atoms. The van der Waals surface area contributed by atoms with Crippen LogP contribution in [-0.4, -0.2) is 15.6 Å². The van der Waals surface area contributed by atoms with E-state index < -0.39 is 0 Å². The van der Waals surface area contributed by atoms with Crippen LogP contribution >= 0.6 is 11.3 Å². The van der Waals surface area contributed by atoms with Crippen LogP contribution in [0.4, 0.5) is 0 Å². The molecule has 1 amide bonds. The monoisotopic (exact) mass is 265 g/mol. The van der Waals surface area contributed by atoms with Crippen molar-refractivity contribution < 1.29 is 9.32 Å². The number of hydrogen-bond acceptors (Lipinski definition) is 4. The van der Waals surface area contributed by atoms with E-state index in [1.54, 1.807) is 0 Å². The van der Waals surface area contributed by atoms with Gasteiger partial charge in [0.25, 0.3) is 0 Å². The molecule has 0 unspecified atom stereocenters. The summed E-state index contributed by atoms with van der Waals surface area (Å²) >= 11 is 1.45. The van der Waals surface area contributed by atoms with Gasteiger partial charge in [-0.1, -0.05) is 5.16 Å². The van der Waals surface area contributed by atoms with E-state index in [2.05, 4.69) is 10.1 Å². The lowest BCUT2D eigenvalue weighted by molar-refractivity contribution is -0.118. The number of aromatic nitrogens is 2. The first-order valence-electron chi connectivity index (χ1n) is 5.67. The molecule has 2 aromatic heterocycles. The summed E-state index contributed by atoms with van der Waals surface area (Å²) in [5, 5.41) is 5.77. The highest BCUT2D eigenvalue weighted by molar-refractivity contribution is 7.07. The predicted molar refractivity (Wildman–Crippen MR) is 68.2 cm³/mol. The average molecular weight is 265 g/mol. The number of hydrogen-bond donors (Lipinski definition) is 0. The third kappa shape index (κ3) is 2.76. The second-order valence-corrected chi connectivity index (χ2v) is 4.98. The number of thiazole rings is 1. The molecule has 5 nitrogen and oxygen atoms in total. The SMILES string of the molecule is Cc1noc(C)c1CCC(=O)N=c1sccn1C. The van der Waals surface area contributed by atoms with Gasteiger partial charge in [-0.05, 0) is 20.3 Å². The number of carbonyl (C=O) groups is 1. The second-order valence-electron chi connectivity index (χ2n) is 4.10. The van der Waals surface area contributed by atoms with E-state index in [1.165, 1.54) is 11.3 Å². The van der Waals surface area contributed by atoms with Gasteiger partial charge in [0, 0.05) is 30.6 Å². The fourth-order valence-electron chi connectivity index (χ4n) is 1.69. The first-order valence-corrected chi connectivity index (χ1v) is 6.55. The zero-order valence-corrected chi connectivity index (χ0v) is 11.5. The van der Waals surface area contributed by atoms with Crippen molar-refractivity contribution in [2.24, 2.45) is 12.0 Å². The van der Waals surface area contributed by atoms with Crippen molar-refractivity contribution in [3.8, 4) is 0 Å². The standard InChI is InChI=1S/C12H15N3O2S/c1-8-10(9(2)17-14-8)4-5-11(16)13-12-15(3)6-7-18-12/h6-7H,4-5H2,1-3H3. The van der Waals surface area contributed by atoms with E-state index in [9.17, 15) is 4.79 Å². The van der Waals surface area contributed by atoms with Gasteiger partial charge in [-0.25, -0.2) is 0 Å². The number of aryl methyl sites for hydroxylation is 3. The van der Waals surface area contributed by atoms with E-state index in [1.807, 2.05) is 37.0 Å². The van der Waals surface area contributed by atoms with Gasteiger partial charge < -0.3 is 9.09 Å². The van der Waals surface area contributed by atoms with Crippen molar-refractivity contribution in [1.29, 1.82) is 0 Å². The minimum atomic E-state index is -0.118. The van der Waals surface area contributed by atoms with E-state index in [0.29, 0.717) is 12.8 Å². The van der Waals surface area contributed by atoms with Crippen molar-refractivity contribution >= 4 is 17.2 Å². The first-order chi connectivity index (χ1) is 8.58. The van der Waals surface area contributed by atoms with Crippen LogP contribution in [0.2, 0.25) is 0 Å². The Kier molecular flexibility index (Phi) is 3.76. The van der Waals surface area contributed by atoms with Crippen LogP contribution < -0.4 is 4.80 Å². The minimum absolute atomic E-state index is 0.118. The zero-order valence-electron chi connectivity index (χ0n) is 10.6. The van der Waals surface area contributed by atoms with Gasteiger partial charge in [-0.3, -0.25) is 4.79 Å². The van der Waals surface area contributed by atoms with Crippen molar-refractivity contribution in [3.63, 3.8) is 0 Å². The lowest BCUT2D eigenvalue weighted by Crippen LogP contribution is -2.12. The molecule has 2 heterocycles. The van der Waals surface area contributed by atoms with E-state index in [-0.39, 0.29) is 5.91 Å². The molecule has 6 heteroatoms. The summed E-state index contributed by atoms with van der Waals surface area (Å²) in [5.74, 6) is 0.662. The van der Waals surface area contributed by atoms with Crippen LogP contribution in [0.3, 0.4) is 0 Å². The van der Waals surface area contributed by atoms with Gasteiger partial charge in [-0.2, -0.15) is 4.99 Å². The molecule has 0 aromatic carbocycles. The highest BCUT2D eigenvalue weighted by Crippen LogP contribution is 2.14. The molecule has 0 N–H and O–H groups in total. The van der Waals surface area contributed by atoms with Crippen LogP contribution in [0.1, 0.15) is 23.4 Å². The Hall–Kier alpha value is -1.69. The van der Waals surface area contributed by atoms with Crippen molar-refractivity contribution in [2.45, 2.75) is 26.7 Å². The van der Waals surface area contributed by atoms with Crippen LogP contribution in [0.25, 0.3) is 0 Å². The van der Waals surface area contributed by atoms with Crippen molar-refractivity contribution in [3.05, 3.63) is 33.4 Å². The van der Waals surface area contributed by atoms with E-state index >= 15 is 0 Å². The molecule has 2 rings (SSSR count). The lowest BCUT2D eigenvalue weighted by atomic mass is 10.1. The number of carbonyl (C=O) groups excluding carboxylic acids is 1. The Morgan fingerprint density at radius 2 is 2.33 bits per heavy atom. The molecule has 0 bridgehead atoms. The van der Waals surface area contributed by atoms with Gasteiger partial charge in [0.2, 0.25) is 5.91 Å². The van der Waals surface area contributed by atoms with Gasteiger partial charge >= 0.3 is 0 Å². The highest BCUT2D eigenvalue weighted by atomic mass is 32.1. The maximum atomic E-state index is 11.8. The molecule has 0 fully saturated rings. The van der Waals surface area contributed by atoms with E-state index in [4.69, 9.17) is 4.52 Å². The topological polar surface area (TPSA) is 60.4 Å². The molecule has 0 saturated heterocycles. The molecule has 0 atom stereocenters. The molecular formula is C12H15N3O2S. The summed E-state index contributed by atoms with van der Waals surface area (Å²) in [5.41, 5.74) is 1.86. The molecule has 0 aliphatic carbocycles. The third-order valence-electron chi connectivity index (χ3n) is 2.75. The summed E-state index contributed by atoms with van der Waals surface area (Å²) in [6.45, 7) is 3.74. The molecule has 0 radical (unpaired) electrons. The fraction of sp³-hybridized carbons (Fsp3) is 0.417. The van der Waals surface area contributed by atoms with Crippen LogP contribution in [0.5, 0.6) is 0 Å². The lowest BCUT2D eigenvalue weighted by Gasteiger charge is -1.96. The van der Waals surface area contributed by atoms with Crippen LogP contribution in [0.15, 0.2) is 21.1 Å². The first kappa shape index (κ1) is 12.8. The Bertz CT molecular complexity index is 602. The van der Waals surface area contributed by atoms with E-state index in [0.717, 1.165) is 21.8 Å². The normalized spacial score (nSPS) is 12.1. The Morgan fingerprint density at radius 3 is 2.89 bits per heavy atom. The van der Waals surface area contributed by atoms with Crippen LogP contribution in [-0.2, 0) is 18.3 Å². The third-order valence-corrected chi connectivity index (χ3v) is 3.60. The number of nitrogens with zero attached hydrogens (tertiary/aromatic N) is 3. The molecule has 0 aliphatic rings. The molecular weight excluding hydrogens is 250 g/mol. The number of rotatable bonds is 3. The maximum absolute atomic E-state index is 11.8. The summed E-state index contributed by atoms with van der Waals surface area (Å²) in [4.78, 5) is 16.5. The van der Waals surface area contributed by atoms with Gasteiger partial charge in [0.1, 0.15) is 5.76 Å². The van der Waals surface area contributed by atoms with Gasteiger partial charge in [0.05, 0.1) is 5.69 Å². The largest absolute Gasteiger partial charge is 0.361 e. The summed E-state index contributed by atoms with van der Waals surface area (Å²) in [6, 6.07) is 0. The number of amides is 1. The Morgan fingerprint density at radius 1 is 1.56 bits per heavy atom. The molecule has 2 aromatic rings. The van der Waals surface area contributed by atoms with Gasteiger partial charge in [0.15, 0.2) is 4.80 Å². The fourth-order valence-corrected chi connectivity index (χ4v) is 2.43. The van der Waals surface area contributed by atoms with Crippen molar-refractivity contribution in [1.82, 2.24) is 9.72 Å². The maximum Gasteiger partial charge on any atom is 0.248 e. The van der Waals surface area contributed by atoms with Gasteiger partial charge in [-0.15, -0.1) is 11.3 Å². The average Bonchev–Trinajstić information content (AvgIpc) is 2.85.